The van der Waals surface area contributed by atoms with Gasteiger partial charge in [0, 0.05) is 7.05 Å². The first-order valence-corrected chi connectivity index (χ1v) is 3.39. The molecule has 4 heteroatoms. The molecular formula is C7H8N2O2. The van der Waals surface area contributed by atoms with Crippen molar-refractivity contribution in [2.75, 3.05) is 0 Å². The molecule has 0 N–H and O–H groups in total. The van der Waals surface area contributed by atoms with Crippen LogP contribution in [0.1, 0.15) is 21.7 Å². The van der Waals surface area contributed by atoms with Crippen molar-refractivity contribution in [1.29, 1.82) is 0 Å². The number of fused-ring (bicyclic) bond motifs is 1. The van der Waals surface area contributed by atoms with Gasteiger partial charge in [-0.15, -0.1) is 0 Å². The van der Waals surface area contributed by atoms with Gasteiger partial charge < -0.3 is 4.74 Å². The number of rotatable bonds is 0. The van der Waals surface area contributed by atoms with Crippen molar-refractivity contribution in [2.24, 2.45) is 7.05 Å². The van der Waals surface area contributed by atoms with Gasteiger partial charge in [-0.3, -0.25) is 4.68 Å². The monoisotopic (exact) mass is 152 g/mol. The Balaban J connectivity index is 2.69. The van der Waals surface area contributed by atoms with Gasteiger partial charge in [-0.25, -0.2) is 4.79 Å². The molecule has 2 rings (SSSR count). The first kappa shape index (κ1) is 6.39. The van der Waals surface area contributed by atoms with Gasteiger partial charge in [0.1, 0.15) is 12.2 Å². The van der Waals surface area contributed by atoms with Crippen LogP contribution in [0, 0.1) is 6.92 Å². The smallest absolute Gasteiger partial charge is 0.342 e. The molecule has 0 bridgehead atoms. The SMILES string of the molecule is Cc1nn(C)c2c1C(=O)OC2. The zero-order valence-electron chi connectivity index (χ0n) is 6.42. The fourth-order valence-electron chi connectivity index (χ4n) is 1.34. The Kier molecular flexibility index (Phi) is 1.07. The van der Waals surface area contributed by atoms with Gasteiger partial charge in [-0.1, -0.05) is 0 Å². The summed E-state index contributed by atoms with van der Waals surface area (Å²) in [5.41, 5.74) is 2.28. The van der Waals surface area contributed by atoms with Crippen molar-refractivity contribution >= 4 is 5.97 Å². The Labute approximate surface area is 63.8 Å². The van der Waals surface area contributed by atoms with Crippen molar-refractivity contribution in [1.82, 2.24) is 9.78 Å². The van der Waals surface area contributed by atoms with Crippen molar-refractivity contribution < 1.29 is 9.53 Å². The molecule has 1 aromatic rings. The zero-order chi connectivity index (χ0) is 8.01. The Morgan fingerprint density at radius 2 is 2.36 bits per heavy atom. The summed E-state index contributed by atoms with van der Waals surface area (Å²) < 4.78 is 6.52. The lowest BCUT2D eigenvalue weighted by molar-refractivity contribution is 0.0527. The number of esters is 1. The number of aromatic nitrogens is 2. The minimum atomic E-state index is -0.245. The molecule has 0 aromatic carbocycles. The summed E-state index contributed by atoms with van der Waals surface area (Å²) in [4.78, 5) is 11.0. The standard InChI is InChI=1S/C7H8N2O2/c1-4-6-5(9(2)8-4)3-11-7(6)10/h3H2,1-2H3. The maximum atomic E-state index is 11.0. The molecule has 1 aromatic heterocycles. The molecule has 0 saturated carbocycles. The van der Waals surface area contributed by atoms with Crippen LogP contribution in [0.4, 0.5) is 0 Å². The molecule has 0 spiro atoms. The number of hydrogen-bond acceptors (Lipinski definition) is 3. The van der Waals surface area contributed by atoms with Crippen molar-refractivity contribution in [2.45, 2.75) is 13.5 Å². The van der Waals surface area contributed by atoms with Crippen LogP contribution < -0.4 is 0 Å². The number of cyclic esters (lactones) is 1. The highest BCUT2D eigenvalue weighted by molar-refractivity contribution is 5.93. The minimum Gasteiger partial charge on any atom is -0.455 e. The molecule has 0 aliphatic carbocycles. The molecule has 0 fully saturated rings. The largest absolute Gasteiger partial charge is 0.455 e. The van der Waals surface area contributed by atoms with Crippen LogP contribution in [-0.4, -0.2) is 15.7 Å². The van der Waals surface area contributed by atoms with Crippen LogP contribution in [-0.2, 0) is 18.4 Å². The highest BCUT2D eigenvalue weighted by atomic mass is 16.5. The predicted molar refractivity (Wildman–Crippen MR) is 37.1 cm³/mol. The van der Waals surface area contributed by atoms with Gasteiger partial charge in [-0.2, -0.15) is 5.10 Å². The van der Waals surface area contributed by atoms with Crippen LogP contribution >= 0.6 is 0 Å². The summed E-state index contributed by atoms with van der Waals surface area (Å²) in [5, 5.41) is 4.10. The second kappa shape index (κ2) is 1.84. The van der Waals surface area contributed by atoms with Gasteiger partial charge in [-0.05, 0) is 6.92 Å². The van der Waals surface area contributed by atoms with Crippen LogP contribution in [0.15, 0.2) is 0 Å². The maximum Gasteiger partial charge on any atom is 0.342 e. The molecule has 4 nitrogen and oxygen atoms in total. The van der Waals surface area contributed by atoms with Crippen LogP contribution in [0.2, 0.25) is 0 Å². The summed E-state index contributed by atoms with van der Waals surface area (Å²) in [6.07, 6.45) is 0. The molecular weight excluding hydrogens is 144 g/mol. The molecule has 0 amide bonds. The highest BCUT2D eigenvalue weighted by Crippen LogP contribution is 2.21. The quantitative estimate of drug-likeness (QED) is 0.505. The van der Waals surface area contributed by atoms with E-state index in [1.54, 1.807) is 4.68 Å². The number of aryl methyl sites for hydroxylation is 2. The fourth-order valence-corrected chi connectivity index (χ4v) is 1.34. The fraction of sp³-hybridized carbons (Fsp3) is 0.429. The van der Waals surface area contributed by atoms with Crippen LogP contribution in [0.5, 0.6) is 0 Å². The predicted octanol–water partition coefficient (Wildman–Crippen LogP) is 0.399. The topological polar surface area (TPSA) is 44.1 Å². The second-order valence-electron chi connectivity index (χ2n) is 2.61. The summed E-state index contributed by atoms with van der Waals surface area (Å²) in [6, 6.07) is 0. The van der Waals surface area contributed by atoms with E-state index in [4.69, 9.17) is 4.74 Å². The van der Waals surface area contributed by atoms with Gasteiger partial charge in [0.25, 0.3) is 0 Å². The van der Waals surface area contributed by atoms with Gasteiger partial charge in [0.05, 0.1) is 11.4 Å². The number of hydrogen-bond donors (Lipinski definition) is 0. The third-order valence-electron chi connectivity index (χ3n) is 1.89. The average Bonchev–Trinajstić information content (AvgIpc) is 2.41. The lowest BCUT2D eigenvalue weighted by Gasteiger charge is -1.93. The first-order chi connectivity index (χ1) is 5.20. The summed E-state index contributed by atoms with van der Waals surface area (Å²) in [7, 11) is 1.81. The molecule has 0 saturated heterocycles. The molecule has 2 heterocycles. The highest BCUT2D eigenvalue weighted by Gasteiger charge is 2.27. The molecule has 11 heavy (non-hydrogen) atoms. The van der Waals surface area contributed by atoms with Gasteiger partial charge >= 0.3 is 5.97 Å². The Morgan fingerprint density at radius 1 is 1.64 bits per heavy atom. The minimum absolute atomic E-state index is 0.245. The van der Waals surface area contributed by atoms with Crippen molar-refractivity contribution in [3.8, 4) is 0 Å². The molecule has 0 unspecified atom stereocenters. The summed E-state index contributed by atoms with van der Waals surface area (Å²) in [6.45, 7) is 2.18. The van der Waals surface area contributed by atoms with E-state index < -0.39 is 0 Å². The number of nitrogens with zero attached hydrogens (tertiary/aromatic N) is 2. The van der Waals surface area contributed by atoms with E-state index in [1.165, 1.54) is 0 Å². The average molecular weight is 152 g/mol. The van der Waals surface area contributed by atoms with Gasteiger partial charge in [0.2, 0.25) is 0 Å². The van der Waals surface area contributed by atoms with Crippen molar-refractivity contribution in [3.63, 3.8) is 0 Å². The van der Waals surface area contributed by atoms with E-state index in [9.17, 15) is 4.79 Å². The Morgan fingerprint density at radius 3 is 3.00 bits per heavy atom. The summed E-state index contributed by atoms with van der Waals surface area (Å²) >= 11 is 0. The van der Waals surface area contributed by atoms with E-state index in [0.29, 0.717) is 12.2 Å². The molecule has 0 radical (unpaired) electrons. The van der Waals surface area contributed by atoms with E-state index in [2.05, 4.69) is 5.10 Å². The molecule has 0 atom stereocenters. The number of carbonyl (C=O) groups is 1. The second-order valence-corrected chi connectivity index (χ2v) is 2.61. The maximum absolute atomic E-state index is 11.0. The lowest BCUT2D eigenvalue weighted by Crippen LogP contribution is -1.98. The number of ether oxygens (including phenoxy) is 1. The Hall–Kier alpha value is -1.32. The van der Waals surface area contributed by atoms with Crippen LogP contribution in [0.3, 0.4) is 0 Å². The lowest BCUT2D eigenvalue weighted by atomic mass is 10.2. The Bertz CT molecular complexity index is 327. The van der Waals surface area contributed by atoms with Gasteiger partial charge in [0.15, 0.2) is 0 Å². The molecule has 1 aliphatic rings. The van der Waals surface area contributed by atoms with E-state index in [-0.39, 0.29) is 5.97 Å². The van der Waals surface area contributed by atoms with E-state index in [1.807, 2.05) is 14.0 Å². The molecule has 1 aliphatic heterocycles. The third kappa shape index (κ3) is 0.691. The number of carbonyl (C=O) groups excluding carboxylic acids is 1. The molecule has 58 valence electrons. The zero-order valence-corrected chi connectivity index (χ0v) is 6.42. The summed E-state index contributed by atoms with van der Waals surface area (Å²) in [5.74, 6) is -0.245. The van der Waals surface area contributed by atoms with Crippen LogP contribution in [0.25, 0.3) is 0 Å². The van der Waals surface area contributed by atoms with E-state index >= 15 is 0 Å². The van der Waals surface area contributed by atoms with Crippen molar-refractivity contribution in [3.05, 3.63) is 17.0 Å². The third-order valence-corrected chi connectivity index (χ3v) is 1.89. The first-order valence-electron chi connectivity index (χ1n) is 3.39. The van der Waals surface area contributed by atoms with E-state index in [0.717, 1.165) is 11.4 Å². The normalized spacial score (nSPS) is 14.9.